The summed E-state index contributed by atoms with van der Waals surface area (Å²) in [6, 6.07) is 12.6. The fraction of sp³-hybridized carbons (Fsp3) is 0.556. The Morgan fingerprint density at radius 3 is 2.59 bits per heavy atom. The molecule has 174 valence electrons. The second kappa shape index (κ2) is 11.5. The van der Waals surface area contributed by atoms with Gasteiger partial charge in [-0.05, 0) is 56.7 Å². The van der Waals surface area contributed by atoms with Crippen LogP contribution >= 0.6 is 0 Å². The SMILES string of the molecule is Cc1cc2c(nc1C)CCCN2CC(C)ON=C[C@@H](C)[C@H](OCc1ccccc1)C(C)C. The molecule has 1 aromatic carbocycles. The van der Waals surface area contributed by atoms with Gasteiger partial charge in [0.1, 0.15) is 6.10 Å². The highest BCUT2D eigenvalue weighted by atomic mass is 16.6. The summed E-state index contributed by atoms with van der Waals surface area (Å²) in [5.41, 5.74) is 6.02. The Balaban J connectivity index is 1.53. The summed E-state index contributed by atoms with van der Waals surface area (Å²) in [4.78, 5) is 13.0. The first-order chi connectivity index (χ1) is 15.3. The highest BCUT2D eigenvalue weighted by Gasteiger charge is 2.22. The van der Waals surface area contributed by atoms with Crippen LogP contribution in [0.5, 0.6) is 0 Å². The number of aromatic nitrogens is 1. The van der Waals surface area contributed by atoms with E-state index in [9.17, 15) is 0 Å². The van der Waals surface area contributed by atoms with E-state index in [2.05, 4.69) is 69.8 Å². The monoisotopic (exact) mass is 437 g/mol. The van der Waals surface area contributed by atoms with Crippen molar-refractivity contribution in [2.24, 2.45) is 17.0 Å². The first-order valence-electron chi connectivity index (χ1n) is 11.9. The third-order valence-corrected chi connectivity index (χ3v) is 6.18. The van der Waals surface area contributed by atoms with Crippen LogP contribution in [0, 0.1) is 25.7 Å². The molecule has 0 amide bonds. The fourth-order valence-corrected chi connectivity index (χ4v) is 4.33. The first-order valence-corrected chi connectivity index (χ1v) is 11.9. The lowest BCUT2D eigenvalue weighted by Crippen LogP contribution is -2.36. The average molecular weight is 438 g/mol. The van der Waals surface area contributed by atoms with Crippen molar-refractivity contribution in [3.63, 3.8) is 0 Å². The van der Waals surface area contributed by atoms with Crippen LogP contribution in [0.1, 0.15) is 56.6 Å². The molecule has 0 fully saturated rings. The van der Waals surface area contributed by atoms with Crippen molar-refractivity contribution >= 4 is 11.9 Å². The minimum Gasteiger partial charge on any atom is -0.391 e. The number of ether oxygens (including phenoxy) is 1. The molecule has 3 atom stereocenters. The molecule has 0 N–H and O–H groups in total. The Labute approximate surface area is 193 Å². The highest BCUT2D eigenvalue weighted by molar-refractivity contribution is 5.60. The van der Waals surface area contributed by atoms with Crippen molar-refractivity contribution in [2.45, 2.75) is 73.2 Å². The Hall–Kier alpha value is -2.40. The molecule has 2 aromatic rings. The Morgan fingerprint density at radius 1 is 1.12 bits per heavy atom. The normalized spacial score (nSPS) is 16.8. The Morgan fingerprint density at radius 2 is 1.88 bits per heavy atom. The van der Waals surface area contributed by atoms with Gasteiger partial charge in [0.2, 0.25) is 0 Å². The van der Waals surface area contributed by atoms with Crippen LogP contribution < -0.4 is 4.90 Å². The number of anilines is 1. The number of benzene rings is 1. The van der Waals surface area contributed by atoms with E-state index in [0.29, 0.717) is 12.5 Å². The lowest BCUT2D eigenvalue weighted by molar-refractivity contribution is -0.00763. The number of aryl methyl sites for hydroxylation is 3. The van der Waals surface area contributed by atoms with Crippen molar-refractivity contribution in [1.29, 1.82) is 0 Å². The van der Waals surface area contributed by atoms with E-state index < -0.39 is 0 Å². The molecule has 0 spiro atoms. The van der Waals surface area contributed by atoms with Crippen LogP contribution in [0.3, 0.4) is 0 Å². The molecule has 5 heteroatoms. The maximum atomic E-state index is 6.23. The van der Waals surface area contributed by atoms with E-state index in [4.69, 9.17) is 14.6 Å². The van der Waals surface area contributed by atoms with Crippen LogP contribution in [0.15, 0.2) is 41.6 Å². The number of pyridine rings is 1. The summed E-state index contributed by atoms with van der Waals surface area (Å²) in [7, 11) is 0. The molecule has 1 aliphatic heterocycles. The summed E-state index contributed by atoms with van der Waals surface area (Å²) >= 11 is 0. The third kappa shape index (κ3) is 6.55. The molecule has 0 bridgehead atoms. The van der Waals surface area contributed by atoms with Crippen molar-refractivity contribution in [1.82, 2.24) is 4.98 Å². The smallest absolute Gasteiger partial charge is 0.142 e. The van der Waals surface area contributed by atoms with E-state index in [-0.39, 0.29) is 18.1 Å². The number of nitrogens with zero attached hydrogens (tertiary/aromatic N) is 3. The van der Waals surface area contributed by atoms with Crippen molar-refractivity contribution < 1.29 is 9.57 Å². The molecular formula is C27H39N3O2. The zero-order valence-electron chi connectivity index (χ0n) is 20.5. The average Bonchev–Trinajstić information content (AvgIpc) is 2.76. The first kappa shape index (κ1) is 24.2. The van der Waals surface area contributed by atoms with Gasteiger partial charge < -0.3 is 14.5 Å². The molecule has 32 heavy (non-hydrogen) atoms. The Kier molecular flexibility index (Phi) is 8.68. The van der Waals surface area contributed by atoms with Crippen LogP contribution in [0.2, 0.25) is 0 Å². The molecule has 1 aromatic heterocycles. The zero-order valence-corrected chi connectivity index (χ0v) is 20.5. The highest BCUT2D eigenvalue weighted by Crippen LogP contribution is 2.28. The predicted octanol–water partition coefficient (Wildman–Crippen LogP) is 5.72. The molecule has 0 saturated heterocycles. The van der Waals surface area contributed by atoms with Crippen LogP contribution in [-0.4, -0.2) is 36.5 Å². The number of oxime groups is 1. The van der Waals surface area contributed by atoms with Crippen molar-refractivity contribution in [3.05, 3.63) is 58.9 Å². The second-order valence-electron chi connectivity index (χ2n) is 9.44. The van der Waals surface area contributed by atoms with Gasteiger partial charge in [-0.1, -0.05) is 56.3 Å². The minimum atomic E-state index is -0.00579. The Bertz CT molecular complexity index is 882. The molecule has 0 saturated carbocycles. The van der Waals surface area contributed by atoms with Crippen LogP contribution in [0.25, 0.3) is 0 Å². The lowest BCUT2D eigenvalue weighted by Gasteiger charge is -2.32. The number of rotatable bonds is 10. The van der Waals surface area contributed by atoms with E-state index in [0.717, 1.165) is 31.6 Å². The van der Waals surface area contributed by atoms with Gasteiger partial charge in [0.15, 0.2) is 0 Å². The maximum absolute atomic E-state index is 6.23. The molecule has 2 heterocycles. The largest absolute Gasteiger partial charge is 0.391 e. The molecule has 3 rings (SSSR count). The summed E-state index contributed by atoms with van der Waals surface area (Å²) < 4.78 is 6.23. The second-order valence-corrected chi connectivity index (χ2v) is 9.44. The molecule has 1 aliphatic rings. The maximum Gasteiger partial charge on any atom is 0.142 e. The summed E-state index contributed by atoms with van der Waals surface area (Å²) in [6.07, 6.45) is 4.16. The standard InChI is InChI=1S/C27H39N3O2/c1-19(2)27(31-18-24-11-8-7-9-12-24)21(4)16-28-32-22(5)17-30-14-10-13-25-26(30)15-20(3)23(6)29-25/h7-9,11-12,15-16,19,21-22,27H,10,13-14,17-18H2,1-6H3/t21-,22?,27-/m1/s1. The topological polar surface area (TPSA) is 47.0 Å². The molecular weight excluding hydrogens is 398 g/mol. The van der Waals surface area contributed by atoms with Gasteiger partial charge in [-0.25, -0.2) is 0 Å². The summed E-state index contributed by atoms with van der Waals surface area (Å²) in [5, 5.41) is 4.34. The molecule has 0 aliphatic carbocycles. The van der Waals surface area contributed by atoms with E-state index in [1.165, 1.54) is 22.5 Å². The van der Waals surface area contributed by atoms with E-state index >= 15 is 0 Å². The van der Waals surface area contributed by atoms with E-state index in [1.54, 1.807) is 0 Å². The molecule has 1 unspecified atom stereocenters. The van der Waals surface area contributed by atoms with Crippen molar-refractivity contribution in [3.8, 4) is 0 Å². The molecule has 5 nitrogen and oxygen atoms in total. The molecule has 0 radical (unpaired) electrons. The van der Waals surface area contributed by atoms with Gasteiger partial charge in [-0.3, -0.25) is 4.98 Å². The number of hydrogen-bond acceptors (Lipinski definition) is 5. The van der Waals surface area contributed by atoms with Gasteiger partial charge >= 0.3 is 0 Å². The minimum absolute atomic E-state index is 0.00579. The fourth-order valence-electron chi connectivity index (χ4n) is 4.33. The summed E-state index contributed by atoms with van der Waals surface area (Å²) in [5.74, 6) is 0.554. The lowest BCUT2D eigenvalue weighted by atomic mass is 9.95. The van der Waals surface area contributed by atoms with Gasteiger partial charge in [-0.15, -0.1) is 0 Å². The zero-order chi connectivity index (χ0) is 23.1. The van der Waals surface area contributed by atoms with Crippen LogP contribution in [-0.2, 0) is 22.6 Å². The summed E-state index contributed by atoms with van der Waals surface area (Å²) in [6.45, 7) is 15.3. The van der Waals surface area contributed by atoms with Crippen LogP contribution in [0.4, 0.5) is 5.69 Å². The number of hydrogen-bond donors (Lipinski definition) is 0. The quantitative estimate of drug-likeness (QED) is 0.352. The predicted molar refractivity (Wildman–Crippen MR) is 132 cm³/mol. The van der Waals surface area contributed by atoms with Gasteiger partial charge in [-0.2, -0.15) is 0 Å². The third-order valence-electron chi connectivity index (χ3n) is 6.18. The van der Waals surface area contributed by atoms with Gasteiger partial charge in [0.25, 0.3) is 0 Å². The van der Waals surface area contributed by atoms with Gasteiger partial charge in [0.05, 0.1) is 30.6 Å². The van der Waals surface area contributed by atoms with Gasteiger partial charge in [0, 0.05) is 24.4 Å². The van der Waals surface area contributed by atoms with E-state index in [1.807, 2.05) is 24.4 Å². The van der Waals surface area contributed by atoms with Crippen molar-refractivity contribution in [2.75, 3.05) is 18.0 Å². The number of fused-ring (bicyclic) bond motifs is 1.